The van der Waals surface area contributed by atoms with Crippen LogP contribution in [0.4, 0.5) is 0 Å². The predicted molar refractivity (Wildman–Crippen MR) is 75.9 cm³/mol. The molecule has 0 aliphatic heterocycles. The molecule has 0 atom stereocenters. The van der Waals surface area contributed by atoms with Gasteiger partial charge in [0.05, 0.1) is 0 Å². The average Bonchev–Trinajstić information content (AvgIpc) is 2.22. The van der Waals surface area contributed by atoms with Gasteiger partial charge in [0.15, 0.2) is 0 Å². The van der Waals surface area contributed by atoms with E-state index in [9.17, 15) is 0 Å². The van der Waals surface area contributed by atoms with Gasteiger partial charge in [0.2, 0.25) is 0 Å². The first-order valence-electron chi connectivity index (χ1n) is 4.85. The zero-order valence-electron chi connectivity index (χ0n) is 8.80. The van der Waals surface area contributed by atoms with E-state index in [1.807, 2.05) is 0 Å². The van der Waals surface area contributed by atoms with Gasteiger partial charge in [-0.1, -0.05) is 18.2 Å². The maximum atomic E-state index is 5.75. The van der Waals surface area contributed by atoms with Crippen LogP contribution in [0.3, 0.4) is 0 Å². The zero-order chi connectivity index (χ0) is 11.1. The van der Waals surface area contributed by atoms with Crippen LogP contribution in [0, 0.1) is 3.57 Å². The number of hydrogen-bond donors (Lipinski definition) is 0. The Hall–Kier alpha value is 0.780. The second-order valence-electron chi connectivity index (χ2n) is 3.25. The molecule has 0 bridgehead atoms. The molecule has 5 heteroatoms. The number of halogens is 4. The molecule has 1 aromatic rings. The van der Waals surface area contributed by atoms with Crippen LogP contribution in [0.2, 0.25) is 0 Å². The molecule has 0 aliphatic carbocycles. The van der Waals surface area contributed by atoms with Crippen molar-refractivity contribution >= 4 is 45.8 Å². The summed E-state index contributed by atoms with van der Waals surface area (Å²) in [6.45, 7) is 2.71. The molecule has 1 aromatic carbocycles. The summed E-state index contributed by atoms with van der Waals surface area (Å²) >= 11 is 13.9. The van der Waals surface area contributed by atoms with E-state index in [1.165, 1.54) is 9.13 Å². The van der Waals surface area contributed by atoms with Crippen LogP contribution >= 0.6 is 45.8 Å². The third-order valence-electron chi connectivity index (χ3n) is 2.15. The van der Waals surface area contributed by atoms with Crippen LogP contribution in [0.5, 0.6) is 0 Å². The Morgan fingerprint density at radius 1 is 1.06 bits per heavy atom. The van der Waals surface area contributed by atoms with E-state index in [0.717, 1.165) is 19.6 Å². The first-order valence-corrected chi connectivity index (χ1v) is 7.00. The summed E-state index contributed by atoms with van der Waals surface area (Å²) in [5, 5.41) is 0. The lowest BCUT2D eigenvalue weighted by Gasteiger charge is -2.20. The normalized spacial score (nSPS) is 10.2. The predicted octanol–water partition coefficient (Wildman–Crippen LogP) is 0.575. The summed E-state index contributed by atoms with van der Waals surface area (Å²) in [4.78, 5) is 2.28. The van der Waals surface area contributed by atoms with Crippen LogP contribution < -0.4 is 12.4 Å². The molecule has 0 heterocycles. The summed E-state index contributed by atoms with van der Waals surface area (Å²) < 4.78 is 1.30. The lowest BCUT2D eigenvalue weighted by Crippen LogP contribution is -3.00. The van der Waals surface area contributed by atoms with E-state index in [0.29, 0.717) is 11.8 Å². The highest BCUT2D eigenvalue weighted by atomic mass is 127. The van der Waals surface area contributed by atoms with Gasteiger partial charge in [0.1, 0.15) is 0 Å². The largest absolute Gasteiger partial charge is 1.00 e. The van der Waals surface area contributed by atoms with Crippen LogP contribution in [-0.2, 0) is 6.54 Å². The SMILES string of the molecule is ClCCN(CCCl)Cc1ccccc1I.[Cl-]. The summed E-state index contributed by atoms with van der Waals surface area (Å²) in [6.07, 6.45) is 0. The number of benzene rings is 1. The molecule has 1 nitrogen and oxygen atoms in total. The van der Waals surface area contributed by atoms with Gasteiger partial charge < -0.3 is 12.4 Å². The Labute approximate surface area is 127 Å². The van der Waals surface area contributed by atoms with Crippen LogP contribution in [0.1, 0.15) is 5.56 Å². The molecule has 1 rings (SSSR count). The molecule has 16 heavy (non-hydrogen) atoms. The Kier molecular flexibility index (Phi) is 10.3. The summed E-state index contributed by atoms with van der Waals surface area (Å²) in [5.41, 5.74) is 1.34. The smallest absolute Gasteiger partial charge is 0.0351 e. The van der Waals surface area contributed by atoms with Crippen LogP contribution in [0.15, 0.2) is 24.3 Å². The molecule has 0 N–H and O–H groups in total. The number of rotatable bonds is 6. The first kappa shape index (κ1) is 16.8. The molecule has 0 aliphatic rings. The molecule has 0 aromatic heterocycles. The standard InChI is InChI=1S/C11H14Cl2IN.ClH/c12-5-7-15(8-6-13)9-10-3-1-2-4-11(10)14;/h1-4H,5-9H2;1H/p-1. The quantitative estimate of drug-likeness (QED) is 0.505. The van der Waals surface area contributed by atoms with E-state index >= 15 is 0 Å². The molecule has 0 saturated heterocycles. The Morgan fingerprint density at radius 2 is 1.62 bits per heavy atom. The Morgan fingerprint density at radius 3 is 2.12 bits per heavy atom. The minimum absolute atomic E-state index is 0. The van der Waals surface area contributed by atoms with Crippen molar-refractivity contribution in [1.29, 1.82) is 0 Å². The molecule has 0 fully saturated rings. The van der Waals surface area contributed by atoms with E-state index in [1.54, 1.807) is 0 Å². The lowest BCUT2D eigenvalue weighted by molar-refractivity contribution is -0.00000282. The highest BCUT2D eigenvalue weighted by molar-refractivity contribution is 14.1. The van der Waals surface area contributed by atoms with Gasteiger partial charge in [0, 0.05) is 35.0 Å². The highest BCUT2D eigenvalue weighted by Crippen LogP contribution is 2.13. The third-order valence-corrected chi connectivity index (χ3v) is 3.54. The second-order valence-corrected chi connectivity index (χ2v) is 5.16. The average molecular weight is 394 g/mol. The van der Waals surface area contributed by atoms with Crippen LogP contribution in [-0.4, -0.2) is 29.7 Å². The van der Waals surface area contributed by atoms with E-state index in [-0.39, 0.29) is 12.4 Å². The van der Waals surface area contributed by atoms with Gasteiger partial charge in [-0.3, -0.25) is 4.90 Å². The Balaban J connectivity index is 0.00000225. The van der Waals surface area contributed by atoms with Gasteiger partial charge >= 0.3 is 0 Å². The van der Waals surface area contributed by atoms with Crippen molar-refractivity contribution in [3.8, 4) is 0 Å². The summed E-state index contributed by atoms with van der Waals surface area (Å²) in [6, 6.07) is 8.39. The molecular weight excluding hydrogens is 379 g/mol. The first-order chi connectivity index (χ1) is 7.27. The van der Waals surface area contributed by atoms with Crippen molar-refractivity contribution in [3.63, 3.8) is 0 Å². The lowest BCUT2D eigenvalue weighted by atomic mass is 10.2. The number of alkyl halides is 2. The molecule has 0 spiro atoms. The van der Waals surface area contributed by atoms with E-state index < -0.39 is 0 Å². The van der Waals surface area contributed by atoms with Gasteiger partial charge in [-0.15, -0.1) is 23.2 Å². The fourth-order valence-corrected chi connectivity index (χ4v) is 2.41. The monoisotopic (exact) mass is 392 g/mol. The van der Waals surface area contributed by atoms with Crippen molar-refractivity contribution in [2.24, 2.45) is 0 Å². The van der Waals surface area contributed by atoms with Gasteiger partial charge in [-0.05, 0) is 34.2 Å². The molecule has 0 saturated carbocycles. The molecule has 0 unspecified atom stereocenters. The van der Waals surface area contributed by atoms with E-state index in [2.05, 4.69) is 51.8 Å². The fourth-order valence-electron chi connectivity index (χ4n) is 1.38. The van der Waals surface area contributed by atoms with Gasteiger partial charge in [0.25, 0.3) is 0 Å². The molecule has 0 amide bonds. The Bertz CT molecular complexity index is 290. The van der Waals surface area contributed by atoms with Gasteiger partial charge in [-0.25, -0.2) is 0 Å². The third kappa shape index (κ3) is 5.92. The molecular formula is C11H14Cl3IN-. The fraction of sp³-hybridized carbons (Fsp3) is 0.455. The number of nitrogens with zero attached hydrogens (tertiary/aromatic N) is 1. The molecule has 0 radical (unpaired) electrons. The summed E-state index contributed by atoms with van der Waals surface area (Å²) in [5.74, 6) is 1.31. The topological polar surface area (TPSA) is 3.24 Å². The van der Waals surface area contributed by atoms with Crippen molar-refractivity contribution in [3.05, 3.63) is 33.4 Å². The van der Waals surface area contributed by atoms with Crippen LogP contribution in [0.25, 0.3) is 0 Å². The maximum Gasteiger partial charge on any atom is 0.0351 e. The number of hydrogen-bond acceptors (Lipinski definition) is 1. The maximum absolute atomic E-state index is 5.75. The zero-order valence-corrected chi connectivity index (χ0v) is 13.2. The second kappa shape index (κ2) is 9.77. The van der Waals surface area contributed by atoms with Crippen molar-refractivity contribution in [1.82, 2.24) is 4.90 Å². The van der Waals surface area contributed by atoms with Crippen molar-refractivity contribution in [2.75, 3.05) is 24.8 Å². The van der Waals surface area contributed by atoms with Gasteiger partial charge in [-0.2, -0.15) is 0 Å². The highest BCUT2D eigenvalue weighted by Gasteiger charge is 2.06. The van der Waals surface area contributed by atoms with Crippen molar-refractivity contribution < 1.29 is 12.4 Å². The minimum atomic E-state index is 0. The summed E-state index contributed by atoms with van der Waals surface area (Å²) in [7, 11) is 0. The molecule has 92 valence electrons. The van der Waals surface area contributed by atoms with Crippen molar-refractivity contribution in [2.45, 2.75) is 6.54 Å². The van der Waals surface area contributed by atoms with E-state index in [4.69, 9.17) is 23.2 Å². The minimum Gasteiger partial charge on any atom is -1.00 e.